The Labute approximate surface area is 91.1 Å². The average molecular weight is 292 g/mol. The van der Waals surface area contributed by atoms with Gasteiger partial charge in [0.05, 0.1) is 9.26 Å². The van der Waals surface area contributed by atoms with Gasteiger partial charge in [0.15, 0.2) is 0 Å². The van der Waals surface area contributed by atoms with E-state index in [1.165, 1.54) is 0 Å². The molecule has 0 saturated carbocycles. The first kappa shape index (κ1) is 10.7. The Kier molecular flexibility index (Phi) is 3.90. The molecule has 0 bridgehead atoms. The first-order valence-corrected chi connectivity index (χ1v) is 5.54. The molecule has 3 nitrogen and oxygen atoms in total. The third kappa shape index (κ3) is 2.52. The number of halogens is 1. The second-order valence-electron chi connectivity index (χ2n) is 2.88. The molecule has 0 spiro atoms. The van der Waals surface area contributed by atoms with Crippen molar-refractivity contribution < 1.29 is 0 Å². The molecule has 4 heteroatoms. The Morgan fingerprint density at radius 2 is 2.15 bits per heavy atom. The molecule has 0 aliphatic carbocycles. The number of aromatic amines is 1. The summed E-state index contributed by atoms with van der Waals surface area (Å²) < 4.78 is 0.722. The molecular formula is C9H13IN2O. The summed E-state index contributed by atoms with van der Waals surface area (Å²) in [5, 5.41) is 0. The molecule has 0 aliphatic heterocycles. The van der Waals surface area contributed by atoms with Gasteiger partial charge in [-0.25, -0.2) is 4.98 Å². The number of rotatable bonds is 3. The first-order chi connectivity index (χ1) is 6.19. The van der Waals surface area contributed by atoms with E-state index in [-0.39, 0.29) is 5.56 Å². The van der Waals surface area contributed by atoms with Crippen molar-refractivity contribution >= 4 is 22.6 Å². The maximum atomic E-state index is 11.4. The van der Waals surface area contributed by atoms with Crippen LogP contribution in [-0.4, -0.2) is 9.97 Å². The third-order valence-corrected chi connectivity index (χ3v) is 2.91. The largest absolute Gasteiger partial charge is 0.310 e. The highest BCUT2D eigenvalue weighted by molar-refractivity contribution is 14.1. The second-order valence-corrected chi connectivity index (χ2v) is 3.96. The monoisotopic (exact) mass is 292 g/mol. The van der Waals surface area contributed by atoms with Crippen molar-refractivity contribution in [2.24, 2.45) is 0 Å². The summed E-state index contributed by atoms with van der Waals surface area (Å²) in [5.41, 5.74) is 0.906. The fourth-order valence-corrected chi connectivity index (χ4v) is 1.78. The highest BCUT2D eigenvalue weighted by Gasteiger charge is 2.05. The molecular weight excluding hydrogens is 279 g/mol. The summed E-state index contributed by atoms with van der Waals surface area (Å²) in [6.07, 6.45) is 2.67. The Morgan fingerprint density at radius 1 is 1.46 bits per heavy atom. The van der Waals surface area contributed by atoms with Crippen LogP contribution in [0.1, 0.15) is 31.8 Å². The molecule has 0 radical (unpaired) electrons. The molecule has 1 N–H and O–H groups in total. The van der Waals surface area contributed by atoms with Gasteiger partial charge in [-0.05, 0) is 35.4 Å². The number of H-pyrrole nitrogens is 1. The lowest BCUT2D eigenvalue weighted by atomic mass is 10.3. The molecule has 1 rings (SSSR count). The Balaban J connectivity index is 3.14. The number of nitrogens with zero attached hydrogens (tertiary/aromatic N) is 1. The minimum Gasteiger partial charge on any atom is -0.310 e. The Morgan fingerprint density at radius 3 is 2.69 bits per heavy atom. The van der Waals surface area contributed by atoms with Crippen LogP contribution in [0.25, 0.3) is 0 Å². The van der Waals surface area contributed by atoms with Crippen LogP contribution in [0.5, 0.6) is 0 Å². The van der Waals surface area contributed by atoms with Crippen LogP contribution in [0.3, 0.4) is 0 Å². The molecule has 0 fully saturated rings. The maximum absolute atomic E-state index is 11.4. The lowest BCUT2D eigenvalue weighted by Gasteiger charge is -2.03. The molecule has 0 saturated heterocycles. The fraction of sp³-hybridized carbons (Fsp3) is 0.556. The number of nitrogens with one attached hydrogen (secondary N) is 1. The van der Waals surface area contributed by atoms with Crippen molar-refractivity contribution in [3.05, 3.63) is 25.4 Å². The number of hydrogen-bond acceptors (Lipinski definition) is 2. The van der Waals surface area contributed by atoms with Crippen molar-refractivity contribution in [1.82, 2.24) is 9.97 Å². The third-order valence-electron chi connectivity index (χ3n) is 1.80. The summed E-state index contributed by atoms with van der Waals surface area (Å²) in [6, 6.07) is 0. The van der Waals surface area contributed by atoms with Crippen LogP contribution in [0.4, 0.5) is 0 Å². The van der Waals surface area contributed by atoms with E-state index in [0.29, 0.717) is 0 Å². The lowest BCUT2D eigenvalue weighted by Crippen LogP contribution is -2.17. The number of hydrogen-bond donors (Lipinski definition) is 1. The van der Waals surface area contributed by atoms with E-state index in [1.54, 1.807) is 0 Å². The predicted octanol–water partition coefficient (Wildman–Crippen LogP) is 1.89. The summed E-state index contributed by atoms with van der Waals surface area (Å²) in [7, 11) is 0. The van der Waals surface area contributed by atoms with Gasteiger partial charge in [-0.3, -0.25) is 4.79 Å². The van der Waals surface area contributed by atoms with Crippen LogP contribution in [0, 0.1) is 3.57 Å². The van der Waals surface area contributed by atoms with E-state index in [4.69, 9.17) is 0 Å². The second kappa shape index (κ2) is 4.74. The highest BCUT2D eigenvalue weighted by Crippen LogP contribution is 2.05. The van der Waals surface area contributed by atoms with Crippen molar-refractivity contribution in [3.8, 4) is 0 Å². The van der Waals surface area contributed by atoms with E-state index in [1.807, 2.05) is 29.5 Å². The van der Waals surface area contributed by atoms with Gasteiger partial charge in [0, 0.05) is 6.42 Å². The molecule has 1 heterocycles. The van der Waals surface area contributed by atoms with Crippen LogP contribution >= 0.6 is 22.6 Å². The molecule has 0 unspecified atom stereocenters. The van der Waals surface area contributed by atoms with Crippen molar-refractivity contribution in [1.29, 1.82) is 0 Å². The normalized spacial score (nSPS) is 10.4. The molecule has 72 valence electrons. The minimum atomic E-state index is -0.00380. The summed E-state index contributed by atoms with van der Waals surface area (Å²) in [4.78, 5) is 18.5. The highest BCUT2D eigenvalue weighted by atomic mass is 127. The van der Waals surface area contributed by atoms with Gasteiger partial charge in [-0.1, -0.05) is 13.8 Å². The van der Waals surface area contributed by atoms with E-state index in [9.17, 15) is 4.79 Å². The van der Waals surface area contributed by atoms with Gasteiger partial charge in [-0.15, -0.1) is 0 Å². The predicted molar refractivity (Wildman–Crippen MR) is 60.9 cm³/mol. The molecule has 1 aromatic heterocycles. The van der Waals surface area contributed by atoms with Crippen LogP contribution in [-0.2, 0) is 12.8 Å². The molecule has 0 aromatic carbocycles. The zero-order valence-corrected chi connectivity index (χ0v) is 10.0. The van der Waals surface area contributed by atoms with E-state index in [0.717, 1.165) is 34.4 Å². The summed E-state index contributed by atoms with van der Waals surface area (Å²) >= 11 is 2.04. The topological polar surface area (TPSA) is 45.8 Å². The zero-order valence-electron chi connectivity index (χ0n) is 7.85. The van der Waals surface area contributed by atoms with Gasteiger partial charge >= 0.3 is 0 Å². The van der Waals surface area contributed by atoms with Crippen LogP contribution < -0.4 is 5.56 Å². The Bertz CT molecular complexity index is 346. The number of aryl methyl sites for hydroxylation is 2. The lowest BCUT2D eigenvalue weighted by molar-refractivity contribution is 0.798. The van der Waals surface area contributed by atoms with Crippen LogP contribution in [0.15, 0.2) is 4.79 Å². The molecule has 0 amide bonds. The standard InChI is InChI=1S/C9H13IN2O/c1-3-5-7-11-6(4-2)8(10)9(13)12-7/h3-5H2,1-2H3,(H,11,12,13). The molecule has 13 heavy (non-hydrogen) atoms. The maximum Gasteiger partial charge on any atom is 0.264 e. The van der Waals surface area contributed by atoms with E-state index < -0.39 is 0 Å². The first-order valence-electron chi connectivity index (χ1n) is 4.46. The summed E-state index contributed by atoms with van der Waals surface area (Å²) in [5.74, 6) is 0.810. The van der Waals surface area contributed by atoms with Gasteiger partial charge in [0.2, 0.25) is 0 Å². The van der Waals surface area contributed by atoms with Crippen molar-refractivity contribution in [3.63, 3.8) is 0 Å². The van der Waals surface area contributed by atoms with E-state index in [2.05, 4.69) is 16.9 Å². The smallest absolute Gasteiger partial charge is 0.264 e. The molecule has 0 aliphatic rings. The average Bonchev–Trinajstić information content (AvgIpc) is 2.11. The minimum absolute atomic E-state index is 0.00380. The van der Waals surface area contributed by atoms with Crippen molar-refractivity contribution in [2.45, 2.75) is 33.1 Å². The zero-order chi connectivity index (χ0) is 9.84. The van der Waals surface area contributed by atoms with E-state index >= 15 is 0 Å². The SMILES string of the molecule is CCCc1nc(CC)c(I)c(=O)[nH]1. The quantitative estimate of drug-likeness (QED) is 0.865. The summed E-state index contributed by atoms with van der Waals surface area (Å²) in [6.45, 7) is 4.09. The van der Waals surface area contributed by atoms with Crippen LogP contribution in [0.2, 0.25) is 0 Å². The molecule has 1 aromatic rings. The number of aromatic nitrogens is 2. The fourth-order valence-electron chi connectivity index (χ4n) is 1.15. The van der Waals surface area contributed by atoms with Gasteiger partial charge in [0.25, 0.3) is 5.56 Å². The van der Waals surface area contributed by atoms with Gasteiger partial charge in [-0.2, -0.15) is 0 Å². The van der Waals surface area contributed by atoms with Gasteiger partial charge in [0.1, 0.15) is 5.82 Å². The van der Waals surface area contributed by atoms with Crippen molar-refractivity contribution in [2.75, 3.05) is 0 Å². The Hall–Kier alpha value is -0.390. The van der Waals surface area contributed by atoms with Gasteiger partial charge < -0.3 is 4.98 Å². The molecule has 0 atom stereocenters.